The lowest BCUT2D eigenvalue weighted by Crippen LogP contribution is -2.23. The van der Waals surface area contributed by atoms with E-state index in [0.717, 1.165) is 32.1 Å². The molecule has 0 aliphatic carbocycles. The molecule has 3 heterocycles. The number of hydrogen-bond donors (Lipinski definition) is 1. The summed E-state index contributed by atoms with van der Waals surface area (Å²) < 4.78 is 5.42. The van der Waals surface area contributed by atoms with Crippen LogP contribution in [0.5, 0.6) is 0 Å². The van der Waals surface area contributed by atoms with Gasteiger partial charge in [-0.1, -0.05) is 0 Å². The predicted octanol–water partition coefficient (Wildman–Crippen LogP) is 0.862. The van der Waals surface area contributed by atoms with Crippen molar-refractivity contribution in [2.45, 2.75) is 0 Å². The Morgan fingerprint density at radius 2 is 2.06 bits per heavy atom. The summed E-state index contributed by atoms with van der Waals surface area (Å²) in [6.45, 7) is 3.61. The van der Waals surface area contributed by atoms with Crippen LogP contribution in [-0.4, -0.2) is 42.4 Å². The van der Waals surface area contributed by atoms with Gasteiger partial charge in [-0.3, -0.25) is 0 Å². The maximum absolute atomic E-state index is 10.7. The number of ether oxygens (including phenoxy) is 1. The summed E-state index contributed by atoms with van der Waals surface area (Å²) >= 11 is 0. The summed E-state index contributed by atoms with van der Waals surface area (Å²) in [6.07, 6.45) is 1.42. The van der Waals surface area contributed by atoms with E-state index in [-0.39, 0.29) is 5.56 Å². The zero-order chi connectivity index (χ0) is 11.8. The summed E-state index contributed by atoms with van der Waals surface area (Å²) in [5.41, 5.74) is 0.233. The summed E-state index contributed by atoms with van der Waals surface area (Å²) in [5.74, 6) is 1.15. The van der Waals surface area contributed by atoms with Crippen LogP contribution in [-0.2, 0) is 4.74 Å². The molecule has 2 aliphatic heterocycles. The first kappa shape index (κ1) is 10.5. The van der Waals surface area contributed by atoms with Crippen molar-refractivity contribution < 1.29 is 14.6 Å². The lowest BCUT2D eigenvalue weighted by atomic mass is 10.0. The smallest absolute Gasteiger partial charge is 0.337 e. The van der Waals surface area contributed by atoms with Gasteiger partial charge in [-0.15, -0.1) is 0 Å². The SMILES string of the molecule is O=C(O)c1ccc(N2C[C@H]3COC[C@H]3C2)nc1. The van der Waals surface area contributed by atoms with Crippen molar-refractivity contribution >= 4 is 11.8 Å². The van der Waals surface area contributed by atoms with Crippen LogP contribution in [0.25, 0.3) is 0 Å². The molecular formula is C12H14N2O3. The summed E-state index contributed by atoms with van der Waals surface area (Å²) in [4.78, 5) is 17.1. The molecule has 2 fully saturated rings. The number of nitrogens with zero attached hydrogens (tertiary/aromatic N) is 2. The van der Waals surface area contributed by atoms with Gasteiger partial charge in [-0.2, -0.15) is 0 Å². The van der Waals surface area contributed by atoms with E-state index in [2.05, 4.69) is 9.88 Å². The van der Waals surface area contributed by atoms with Gasteiger partial charge in [-0.05, 0) is 12.1 Å². The average molecular weight is 234 g/mol. The van der Waals surface area contributed by atoms with Gasteiger partial charge in [0, 0.05) is 31.1 Å². The molecule has 2 atom stereocenters. The number of fused-ring (bicyclic) bond motifs is 1. The molecule has 17 heavy (non-hydrogen) atoms. The van der Waals surface area contributed by atoms with Crippen molar-refractivity contribution in [2.24, 2.45) is 11.8 Å². The molecule has 5 heteroatoms. The molecule has 90 valence electrons. The first-order valence-corrected chi connectivity index (χ1v) is 5.76. The molecule has 0 bridgehead atoms. The molecule has 1 aromatic rings. The van der Waals surface area contributed by atoms with E-state index in [4.69, 9.17) is 9.84 Å². The molecule has 1 aromatic heterocycles. The third-order valence-electron chi connectivity index (χ3n) is 3.56. The zero-order valence-electron chi connectivity index (χ0n) is 9.37. The highest BCUT2D eigenvalue weighted by molar-refractivity contribution is 5.87. The van der Waals surface area contributed by atoms with Crippen LogP contribution >= 0.6 is 0 Å². The average Bonchev–Trinajstić information content (AvgIpc) is 2.89. The molecule has 1 N–H and O–H groups in total. The van der Waals surface area contributed by atoms with E-state index >= 15 is 0 Å². The normalized spacial score (nSPS) is 27.2. The van der Waals surface area contributed by atoms with Crippen LogP contribution in [0.3, 0.4) is 0 Å². The number of aromatic nitrogens is 1. The standard InChI is InChI=1S/C12H14N2O3/c15-12(16)8-1-2-11(13-3-8)14-4-9-6-17-7-10(9)5-14/h1-3,9-10H,4-7H2,(H,15,16)/t9-,10+. The van der Waals surface area contributed by atoms with Crippen molar-refractivity contribution in [2.75, 3.05) is 31.2 Å². The molecule has 0 saturated carbocycles. The molecule has 0 aromatic carbocycles. The number of pyridine rings is 1. The topological polar surface area (TPSA) is 62.7 Å². The monoisotopic (exact) mass is 234 g/mol. The van der Waals surface area contributed by atoms with Gasteiger partial charge in [0.1, 0.15) is 5.82 Å². The van der Waals surface area contributed by atoms with Gasteiger partial charge in [0.25, 0.3) is 0 Å². The summed E-state index contributed by atoms with van der Waals surface area (Å²) in [6, 6.07) is 3.39. The Balaban J connectivity index is 1.75. The van der Waals surface area contributed by atoms with Crippen LogP contribution in [0.4, 0.5) is 5.82 Å². The van der Waals surface area contributed by atoms with Gasteiger partial charge in [0.2, 0.25) is 0 Å². The van der Waals surface area contributed by atoms with E-state index in [1.807, 2.05) is 0 Å². The second-order valence-electron chi connectivity index (χ2n) is 4.67. The molecule has 5 nitrogen and oxygen atoms in total. The maximum atomic E-state index is 10.7. The second-order valence-corrected chi connectivity index (χ2v) is 4.67. The zero-order valence-corrected chi connectivity index (χ0v) is 9.37. The first-order chi connectivity index (χ1) is 8.24. The number of carboxylic acids is 1. The summed E-state index contributed by atoms with van der Waals surface area (Å²) in [5, 5.41) is 8.80. The Morgan fingerprint density at radius 1 is 1.35 bits per heavy atom. The lowest BCUT2D eigenvalue weighted by Gasteiger charge is -2.18. The Morgan fingerprint density at radius 3 is 2.59 bits per heavy atom. The van der Waals surface area contributed by atoms with Crippen LogP contribution < -0.4 is 4.90 Å². The second kappa shape index (κ2) is 4.00. The number of hydrogen-bond acceptors (Lipinski definition) is 4. The highest BCUT2D eigenvalue weighted by Crippen LogP contribution is 2.31. The number of carbonyl (C=O) groups is 1. The first-order valence-electron chi connectivity index (χ1n) is 5.76. The van der Waals surface area contributed by atoms with E-state index in [0.29, 0.717) is 11.8 Å². The van der Waals surface area contributed by atoms with Gasteiger partial charge in [0.05, 0.1) is 18.8 Å². The van der Waals surface area contributed by atoms with Crippen molar-refractivity contribution in [3.63, 3.8) is 0 Å². The van der Waals surface area contributed by atoms with E-state index in [1.165, 1.54) is 6.20 Å². The predicted molar refractivity (Wildman–Crippen MR) is 61.2 cm³/mol. The van der Waals surface area contributed by atoms with Gasteiger partial charge >= 0.3 is 5.97 Å². The Bertz CT molecular complexity index is 420. The number of aromatic carboxylic acids is 1. The van der Waals surface area contributed by atoms with E-state index < -0.39 is 5.97 Å². The van der Waals surface area contributed by atoms with Crippen LogP contribution in [0, 0.1) is 11.8 Å². The fourth-order valence-corrected chi connectivity index (χ4v) is 2.57. The minimum Gasteiger partial charge on any atom is -0.478 e. The van der Waals surface area contributed by atoms with Gasteiger partial charge < -0.3 is 14.7 Å². The van der Waals surface area contributed by atoms with Crippen molar-refractivity contribution in [3.05, 3.63) is 23.9 Å². The highest BCUT2D eigenvalue weighted by atomic mass is 16.5. The summed E-state index contributed by atoms with van der Waals surface area (Å²) in [7, 11) is 0. The molecule has 2 aliphatic rings. The third kappa shape index (κ3) is 1.86. The van der Waals surface area contributed by atoms with Crippen molar-refractivity contribution in [1.29, 1.82) is 0 Å². The molecule has 2 saturated heterocycles. The Hall–Kier alpha value is -1.62. The minimum atomic E-state index is -0.934. The quantitative estimate of drug-likeness (QED) is 0.822. The lowest BCUT2D eigenvalue weighted by molar-refractivity contribution is 0.0696. The van der Waals surface area contributed by atoms with Gasteiger partial charge in [-0.25, -0.2) is 9.78 Å². The number of anilines is 1. The largest absolute Gasteiger partial charge is 0.478 e. The van der Waals surface area contributed by atoms with Crippen molar-refractivity contribution in [1.82, 2.24) is 4.98 Å². The molecular weight excluding hydrogens is 220 g/mol. The fourth-order valence-electron chi connectivity index (χ4n) is 2.57. The minimum absolute atomic E-state index is 0.233. The Labute approximate surface area is 99.0 Å². The third-order valence-corrected chi connectivity index (χ3v) is 3.56. The molecule has 0 spiro atoms. The van der Waals surface area contributed by atoms with Gasteiger partial charge in [0.15, 0.2) is 0 Å². The number of rotatable bonds is 2. The van der Waals surface area contributed by atoms with Crippen molar-refractivity contribution in [3.8, 4) is 0 Å². The molecule has 3 rings (SSSR count). The molecule has 0 amide bonds. The number of carboxylic acid groups (broad SMARTS) is 1. The maximum Gasteiger partial charge on any atom is 0.337 e. The van der Waals surface area contributed by atoms with Crippen LogP contribution in [0.2, 0.25) is 0 Å². The van der Waals surface area contributed by atoms with E-state index in [1.54, 1.807) is 12.1 Å². The van der Waals surface area contributed by atoms with Crippen LogP contribution in [0.15, 0.2) is 18.3 Å². The Kier molecular flexibility index (Phi) is 2.48. The van der Waals surface area contributed by atoms with Crippen LogP contribution in [0.1, 0.15) is 10.4 Å². The molecule has 0 unspecified atom stereocenters. The fraction of sp³-hybridized carbons (Fsp3) is 0.500. The molecule has 0 radical (unpaired) electrons. The highest BCUT2D eigenvalue weighted by Gasteiger charge is 2.37. The van der Waals surface area contributed by atoms with E-state index in [9.17, 15) is 4.79 Å².